The van der Waals surface area contributed by atoms with Crippen LogP contribution < -0.4 is 10.6 Å². The first kappa shape index (κ1) is 29.2. The summed E-state index contributed by atoms with van der Waals surface area (Å²) in [6, 6.07) is 6.15. The zero-order valence-corrected chi connectivity index (χ0v) is 23.6. The van der Waals surface area contributed by atoms with Gasteiger partial charge < -0.3 is 20.1 Å². The largest absolute Gasteiger partial charge is 0.383 e. The summed E-state index contributed by atoms with van der Waals surface area (Å²) >= 11 is 1.42. The number of sulfonamides is 1. The fraction of sp³-hybridized carbons (Fsp3) is 0.520. The summed E-state index contributed by atoms with van der Waals surface area (Å²) in [7, 11) is 0.792. The average molecular weight is 553 g/mol. The van der Waals surface area contributed by atoms with Crippen molar-refractivity contribution in [3.63, 3.8) is 0 Å². The molecule has 0 aliphatic carbocycles. The van der Waals surface area contributed by atoms with Gasteiger partial charge in [0.2, 0.25) is 10.0 Å². The Bertz CT molecular complexity index is 1190. The topological polar surface area (TPSA) is 117 Å². The van der Waals surface area contributed by atoms with Crippen molar-refractivity contribution in [2.75, 3.05) is 59.4 Å². The summed E-state index contributed by atoms with van der Waals surface area (Å²) < 4.78 is 37.6. The first-order valence-corrected chi connectivity index (χ1v) is 14.4. The van der Waals surface area contributed by atoms with Crippen molar-refractivity contribution in [3.05, 3.63) is 45.8 Å². The number of nitrogens with one attached hydrogen (secondary N) is 2. The minimum Gasteiger partial charge on any atom is -0.383 e. The molecule has 2 aromatic rings. The Kier molecular flexibility index (Phi) is 10.2. The summed E-state index contributed by atoms with van der Waals surface area (Å²) in [5.41, 5.74) is 1.77. The highest BCUT2D eigenvalue weighted by atomic mass is 32.2. The van der Waals surface area contributed by atoms with Crippen molar-refractivity contribution in [2.45, 2.75) is 37.8 Å². The minimum atomic E-state index is -3.80. The molecule has 0 bridgehead atoms. The number of nitrogens with zero attached hydrogens (tertiary/aromatic N) is 2. The number of thiophene rings is 1. The highest BCUT2D eigenvalue weighted by Gasteiger charge is 2.29. The minimum absolute atomic E-state index is 0.0719. The van der Waals surface area contributed by atoms with Crippen LogP contribution in [-0.4, -0.2) is 89.6 Å². The molecular formula is C25H36N4O6S2. The number of amides is 2. The third kappa shape index (κ3) is 6.75. The fourth-order valence-electron chi connectivity index (χ4n) is 4.16. The predicted molar refractivity (Wildman–Crippen MR) is 144 cm³/mol. The van der Waals surface area contributed by atoms with E-state index in [-0.39, 0.29) is 42.7 Å². The van der Waals surface area contributed by atoms with Crippen LogP contribution >= 0.6 is 11.3 Å². The zero-order valence-electron chi connectivity index (χ0n) is 22.0. The number of hydrogen-bond acceptors (Lipinski definition) is 8. The van der Waals surface area contributed by atoms with Crippen LogP contribution in [0.25, 0.3) is 0 Å². The molecule has 2 heterocycles. The van der Waals surface area contributed by atoms with E-state index in [1.165, 1.54) is 54.1 Å². The molecule has 1 aromatic carbocycles. The molecule has 0 fully saturated rings. The Labute approximate surface area is 223 Å². The van der Waals surface area contributed by atoms with Crippen LogP contribution in [0, 0.1) is 0 Å². The maximum absolute atomic E-state index is 13.1. The van der Waals surface area contributed by atoms with Gasteiger partial charge in [-0.05, 0) is 50.1 Å². The van der Waals surface area contributed by atoms with Crippen LogP contribution in [-0.2, 0) is 32.5 Å². The van der Waals surface area contributed by atoms with E-state index in [4.69, 9.17) is 9.47 Å². The average Bonchev–Trinajstić information content (AvgIpc) is 3.25. The third-order valence-corrected chi connectivity index (χ3v) is 9.39. The quantitative estimate of drug-likeness (QED) is 0.415. The lowest BCUT2D eigenvalue weighted by Crippen LogP contribution is -2.36. The first-order chi connectivity index (χ1) is 17.6. The van der Waals surface area contributed by atoms with Crippen LogP contribution in [0.3, 0.4) is 0 Å². The Balaban J connectivity index is 1.82. The van der Waals surface area contributed by atoms with Crippen LogP contribution in [0.15, 0.2) is 29.2 Å². The lowest BCUT2D eigenvalue weighted by Gasteiger charge is -2.30. The SMILES string of the molecule is CNC(=O)c1c(NC(=O)c2ccc(S(=O)(=O)N(CCOC)CCOC)cc2)sc2c1CCN(C(C)C)C2. The molecule has 10 nitrogen and oxygen atoms in total. The van der Waals surface area contributed by atoms with Crippen molar-refractivity contribution in [3.8, 4) is 0 Å². The molecule has 0 saturated heterocycles. The van der Waals surface area contributed by atoms with Gasteiger partial charge in [0.05, 0.1) is 23.7 Å². The molecule has 37 heavy (non-hydrogen) atoms. The molecule has 1 aliphatic heterocycles. The number of rotatable bonds is 12. The second-order valence-electron chi connectivity index (χ2n) is 8.97. The van der Waals surface area contributed by atoms with Gasteiger partial charge in [0, 0.05) is 63.9 Å². The number of anilines is 1. The summed E-state index contributed by atoms with van der Waals surface area (Å²) in [5, 5.41) is 6.07. The van der Waals surface area contributed by atoms with Gasteiger partial charge in [-0.25, -0.2) is 8.42 Å². The van der Waals surface area contributed by atoms with Gasteiger partial charge in [-0.2, -0.15) is 4.31 Å². The van der Waals surface area contributed by atoms with E-state index >= 15 is 0 Å². The molecular weight excluding hydrogens is 516 g/mol. The molecule has 0 unspecified atom stereocenters. The van der Waals surface area contributed by atoms with E-state index in [2.05, 4.69) is 29.4 Å². The van der Waals surface area contributed by atoms with Crippen LogP contribution in [0.5, 0.6) is 0 Å². The molecule has 12 heteroatoms. The molecule has 0 spiro atoms. The van der Waals surface area contributed by atoms with E-state index in [0.717, 1.165) is 30.0 Å². The number of carbonyl (C=O) groups excluding carboxylic acids is 2. The molecule has 0 radical (unpaired) electrons. The number of hydrogen-bond donors (Lipinski definition) is 2. The van der Waals surface area contributed by atoms with Crippen molar-refractivity contribution < 1.29 is 27.5 Å². The van der Waals surface area contributed by atoms with E-state index in [1.54, 1.807) is 7.05 Å². The van der Waals surface area contributed by atoms with Crippen molar-refractivity contribution in [2.24, 2.45) is 0 Å². The highest BCUT2D eigenvalue weighted by molar-refractivity contribution is 7.89. The second-order valence-corrected chi connectivity index (χ2v) is 12.0. The van der Waals surface area contributed by atoms with Gasteiger partial charge in [0.1, 0.15) is 5.00 Å². The monoisotopic (exact) mass is 552 g/mol. The van der Waals surface area contributed by atoms with Gasteiger partial charge in [-0.15, -0.1) is 11.3 Å². The van der Waals surface area contributed by atoms with Gasteiger partial charge in [0.15, 0.2) is 0 Å². The second kappa shape index (κ2) is 12.9. The normalized spacial score (nSPS) is 14.1. The van der Waals surface area contributed by atoms with Crippen LogP contribution in [0.2, 0.25) is 0 Å². The number of fused-ring (bicyclic) bond motifs is 1. The molecule has 1 aromatic heterocycles. The van der Waals surface area contributed by atoms with Gasteiger partial charge in [0.25, 0.3) is 11.8 Å². The molecule has 0 atom stereocenters. The first-order valence-electron chi connectivity index (χ1n) is 12.1. The summed E-state index contributed by atoms with van der Waals surface area (Å²) in [4.78, 5) is 29.3. The van der Waals surface area contributed by atoms with E-state index in [9.17, 15) is 18.0 Å². The number of benzene rings is 1. The molecule has 204 valence electrons. The molecule has 0 saturated carbocycles. The Morgan fingerprint density at radius 1 is 1.08 bits per heavy atom. The zero-order chi connectivity index (χ0) is 27.2. The van der Waals surface area contributed by atoms with E-state index < -0.39 is 15.9 Å². The lowest BCUT2D eigenvalue weighted by molar-refractivity contribution is 0.0962. The standard InChI is InChI=1S/C25H36N4O6S2/c1-17(2)28-11-10-20-21(16-28)36-25(22(20)24(31)26-3)27-23(30)18-6-8-19(9-7-18)37(32,33)29(12-14-34-4)13-15-35-5/h6-9,17H,10-16H2,1-5H3,(H,26,31)(H,27,30). The van der Waals surface area contributed by atoms with Crippen molar-refractivity contribution in [1.29, 1.82) is 0 Å². The maximum atomic E-state index is 13.1. The van der Waals surface area contributed by atoms with E-state index in [1.807, 2.05) is 0 Å². The van der Waals surface area contributed by atoms with Crippen molar-refractivity contribution >= 4 is 38.2 Å². The fourth-order valence-corrected chi connectivity index (χ4v) is 6.83. The van der Waals surface area contributed by atoms with Crippen LogP contribution in [0.4, 0.5) is 5.00 Å². The molecule has 2 amide bonds. The van der Waals surface area contributed by atoms with Crippen molar-refractivity contribution in [1.82, 2.24) is 14.5 Å². The number of carbonyl (C=O) groups is 2. The van der Waals surface area contributed by atoms with Gasteiger partial charge in [-0.1, -0.05) is 0 Å². The highest BCUT2D eigenvalue weighted by Crippen LogP contribution is 2.38. The number of ether oxygens (including phenoxy) is 2. The third-order valence-electron chi connectivity index (χ3n) is 6.34. The smallest absolute Gasteiger partial charge is 0.256 e. The molecule has 2 N–H and O–H groups in total. The Hall–Kier alpha value is -2.35. The Morgan fingerprint density at radius 2 is 1.70 bits per heavy atom. The predicted octanol–water partition coefficient (Wildman–Crippen LogP) is 2.41. The molecule has 1 aliphatic rings. The Morgan fingerprint density at radius 3 is 2.24 bits per heavy atom. The summed E-state index contributed by atoms with van der Waals surface area (Å²) in [6.07, 6.45) is 0.734. The van der Waals surface area contributed by atoms with Gasteiger partial charge >= 0.3 is 0 Å². The lowest BCUT2D eigenvalue weighted by atomic mass is 10.0. The summed E-state index contributed by atoms with van der Waals surface area (Å²) in [6.45, 7) is 6.72. The van der Waals surface area contributed by atoms with E-state index in [0.29, 0.717) is 16.6 Å². The van der Waals surface area contributed by atoms with Crippen LogP contribution in [0.1, 0.15) is 45.0 Å². The maximum Gasteiger partial charge on any atom is 0.256 e. The van der Waals surface area contributed by atoms with Gasteiger partial charge in [-0.3, -0.25) is 14.5 Å². The number of methoxy groups -OCH3 is 2. The molecule has 3 rings (SSSR count). The summed E-state index contributed by atoms with van der Waals surface area (Å²) in [5.74, 6) is -0.650.